The highest BCUT2D eigenvalue weighted by Crippen LogP contribution is 2.38. The van der Waals surface area contributed by atoms with Crippen molar-refractivity contribution < 1.29 is 28.5 Å². The summed E-state index contributed by atoms with van der Waals surface area (Å²) < 4.78 is 30.9. The van der Waals surface area contributed by atoms with E-state index in [1.807, 2.05) is 57.2 Å². The summed E-state index contributed by atoms with van der Waals surface area (Å²) in [5.74, 6) is 1.36. The standard InChI is InChI=1S/C36H37ClN2O7S/c1-7-43-29-17-24(16-26(37)33(29)45-20-23-12-10-9-11-13-23)18-30-34(40)39-32(25-14-15-27(46-21(3)4)28(19-25)42-6)31(35(41)44-8-2)22(5)38-36(39)47-30/h9-19,21,32H,7-8,20H2,1-6H3/b30-18-/t32-/m0/s1. The summed E-state index contributed by atoms with van der Waals surface area (Å²) in [4.78, 5) is 32.6. The number of thiazole rings is 1. The number of allylic oxidation sites excluding steroid dienone is 1. The average molecular weight is 677 g/mol. The van der Waals surface area contributed by atoms with Gasteiger partial charge in [-0.1, -0.05) is 59.3 Å². The van der Waals surface area contributed by atoms with Gasteiger partial charge in [0.25, 0.3) is 5.56 Å². The van der Waals surface area contributed by atoms with E-state index in [9.17, 15) is 9.59 Å². The Morgan fingerprint density at radius 3 is 2.47 bits per heavy atom. The molecule has 0 fully saturated rings. The Labute approximate surface area is 282 Å². The van der Waals surface area contributed by atoms with E-state index >= 15 is 0 Å². The molecule has 0 saturated carbocycles. The van der Waals surface area contributed by atoms with Gasteiger partial charge < -0.3 is 23.7 Å². The van der Waals surface area contributed by atoms with Crippen molar-refractivity contribution in [3.8, 4) is 23.0 Å². The summed E-state index contributed by atoms with van der Waals surface area (Å²) in [6, 6.07) is 17.8. The lowest BCUT2D eigenvalue weighted by atomic mass is 9.95. The van der Waals surface area contributed by atoms with E-state index < -0.39 is 12.0 Å². The molecule has 0 spiro atoms. The maximum absolute atomic E-state index is 14.2. The minimum atomic E-state index is -0.814. The Kier molecular flexibility index (Phi) is 10.7. The van der Waals surface area contributed by atoms with Crippen molar-refractivity contribution in [3.05, 3.63) is 113 Å². The number of ether oxygens (including phenoxy) is 5. The molecule has 0 aliphatic carbocycles. The fourth-order valence-corrected chi connectivity index (χ4v) is 6.59. The van der Waals surface area contributed by atoms with Crippen LogP contribution in [0.1, 0.15) is 57.4 Å². The van der Waals surface area contributed by atoms with Crippen LogP contribution in [-0.2, 0) is 16.1 Å². The minimum Gasteiger partial charge on any atom is -0.493 e. The molecule has 9 nitrogen and oxygen atoms in total. The minimum absolute atomic E-state index is 0.0779. The Balaban J connectivity index is 1.61. The number of methoxy groups -OCH3 is 1. The third-order valence-corrected chi connectivity index (χ3v) is 8.50. The van der Waals surface area contributed by atoms with Gasteiger partial charge in [-0.2, -0.15) is 0 Å². The van der Waals surface area contributed by atoms with Crippen molar-refractivity contribution in [2.75, 3.05) is 20.3 Å². The molecule has 1 aliphatic rings. The molecule has 246 valence electrons. The molecule has 3 aromatic carbocycles. The van der Waals surface area contributed by atoms with Crippen LogP contribution >= 0.6 is 22.9 Å². The normalized spacial score (nSPS) is 14.5. The van der Waals surface area contributed by atoms with Gasteiger partial charge in [0.2, 0.25) is 0 Å². The molecule has 5 rings (SSSR count). The summed E-state index contributed by atoms with van der Waals surface area (Å²) >= 11 is 7.93. The van der Waals surface area contributed by atoms with Crippen LogP contribution in [0.5, 0.6) is 23.0 Å². The molecule has 0 amide bonds. The van der Waals surface area contributed by atoms with E-state index in [-0.39, 0.29) is 23.8 Å². The largest absolute Gasteiger partial charge is 0.493 e. The molecule has 0 N–H and O–H groups in total. The van der Waals surface area contributed by atoms with Gasteiger partial charge in [-0.25, -0.2) is 9.79 Å². The summed E-state index contributed by atoms with van der Waals surface area (Å²) in [6.07, 6.45) is 1.66. The predicted molar refractivity (Wildman–Crippen MR) is 183 cm³/mol. The number of rotatable bonds is 12. The number of fused-ring (bicyclic) bond motifs is 1. The van der Waals surface area contributed by atoms with Crippen molar-refractivity contribution in [3.63, 3.8) is 0 Å². The van der Waals surface area contributed by atoms with Crippen molar-refractivity contribution >= 4 is 35.0 Å². The molecule has 11 heteroatoms. The van der Waals surface area contributed by atoms with Gasteiger partial charge in [0.05, 0.1) is 53.3 Å². The summed E-state index contributed by atoms with van der Waals surface area (Å²) in [5.41, 5.74) is 2.68. The highest BCUT2D eigenvalue weighted by molar-refractivity contribution is 7.07. The Morgan fingerprint density at radius 1 is 1.02 bits per heavy atom. The highest BCUT2D eigenvalue weighted by atomic mass is 35.5. The van der Waals surface area contributed by atoms with Crippen molar-refractivity contribution in [1.29, 1.82) is 0 Å². The molecule has 1 aromatic heterocycles. The van der Waals surface area contributed by atoms with E-state index in [2.05, 4.69) is 4.99 Å². The average Bonchev–Trinajstić information content (AvgIpc) is 3.34. The first-order chi connectivity index (χ1) is 22.6. The maximum atomic E-state index is 14.2. The quantitative estimate of drug-likeness (QED) is 0.164. The van der Waals surface area contributed by atoms with Crippen LogP contribution in [0.2, 0.25) is 5.02 Å². The molecule has 0 saturated heterocycles. The number of benzene rings is 3. The van der Waals surface area contributed by atoms with Crippen molar-refractivity contribution in [2.24, 2.45) is 4.99 Å². The Hall–Kier alpha value is -4.54. The lowest BCUT2D eigenvalue weighted by Gasteiger charge is -2.25. The van der Waals surface area contributed by atoms with Crippen LogP contribution in [0.25, 0.3) is 6.08 Å². The lowest BCUT2D eigenvalue weighted by Crippen LogP contribution is -2.40. The van der Waals surface area contributed by atoms with Crippen LogP contribution < -0.4 is 33.8 Å². The van der Waals surface area contributed by atoms with E-state index in [0.717, 1.165) is 5.56 Å². The first-order valence-electron chi connectivity index (χ1n) is 15.3. The zero-order valence-electron chi connectivity index (χ0n) is 27.2. The van der Waals surface area contributed by atoms with Crippen molar-refractivity contribution in [2.45, 2.75) is 53.4 Å². The molecule has 47 heavy (non-hydrogen) atoms. The SMILES string of the molecule is CCOC(=O)C1=C(C)N=c2s/c(=C\c3cc(Cl)c(OCc4ccccc4)c(OCC)c3)c(=O)n2[C@H]1c1ccc(OC(C)C)c(OC)c1. The van der Waals surface area contributed by atoms with Gasteiger partial charge in [0.15, 0.2) is 27.8 Å². The number of hydrogen-bond donors (Lipinski definition) is 0. The summed E-state index contributed by atoms with van der Waals surface area (Å²) in [5, 5.41) is 0.347. The predicted octanol–water partition coefficient (Wildman–Crippen LogP) is 6.23. The molecule has 2 heterocycles. The first kappa shape index (κ1) is 33.8. The molecular formula is C36H37ClN2O7S. The number of halogens is 1. The lowest BCUT2D eigenvalue weighted by molar-refractivity contribution is -0.139. The second kappa shape index (κ2) is 14.9. The number of hydrogen-bond acceptors (Lipinski definition) is 9. The van der Waals surface area contributed by atoms with E-state index in [1.165, 1.54) is 15.9 Å². The van der Waals surface area contributed by atoms with Crippen LogP contribution in [-0.4, -0.2) is 37.0 Å². The topological polar surface area (TPSA) is 97.6 Å². The third-order valence-electron chi connectivity index (χ3n) is 7.24. The van der Waals surface area contributed by atoms with Gasteiger partial charge >= 0.3 is 5.97 Å². The zero-order chi connectivity index (χ0) is 33.7. The van der Waals surface area contributed by atoms with Gasteiger partial charge in [0.1, 0.15) is 6.61 Å². The second-order valence-corrected chi connectivity index (χ2v) is 12.3. The van der Waals surface area contributed by atoms with E-state index in [0.29, 0.717) is 67.4 Å². The van der Waals surface area contributed by atoms with Crippen LogP contribution in [0, 0.1) is 0 Å². The van der Waals surface area contributed by atoms with Gasteiger partial charge in [0, 0.05) is 0 Å². The zero-order valence-corrected chi connectivity index (χ0v) is 28.7. The fourth-order valence-electron chi connectivity index (χ4n) is 5.27. The number of carbonyl (C=O) groups is 1. The molecule has 0 bridgehead atoms. The molecule has 1 aliphatic heterocycles. The molecule has 4 aromatic rings. The monoisotopic (exact) mass is 676 g/mol. The fraction of sp³-hybridized carbons (Fsp3) is 0.306. The third kappa shape index (κ3) is 7.39. The number of aromatic nitrogens is 1. The number of carbonyl (C=O) groups excluding carboxylic acids is 1. The van der Waals surface area contributed by atoms with Gasteiger partial charge in [-0.05, 0) is 81.7 Å². The first-order valence-corrected chi connectivity index (χ1v) is 16.5. The molecular weight excluding hydrogens is 640 g/mol. The maximum Gasteiger partial charge on any atom is 0.338 e. The van der Waals surface area contributed by atoms with E-state index in [4.69, 9.17) is 35.3 Å². The van der Waals surface area contributed by atoms with Crippen LogP contribution in [0.4, 0.5) is 0 Å². The smallest absolute Gasteiger partial charge is 0.338 e. The van der Waals surface area contributed by atoms with Crippen LogP contribution in [0.3, 0.4) is 0 Å². The van der Waals surface area contributed by atoms with Crippen molar-refractivity contribution in [1.82, 2.24) is 4.57 Å². The molecule has 0 radical (unpaired) electrons. The van der Waals surface area contributed by atoms with Crippen LogP contribution in [0.15, 0.2) is 81.7 Å². The number of esters is 1. The van der Waals surface area contributed by atoms with E-state index in [1.54, 1.807) is 51.3 Å². The Bertz CT molecular complexity index is 1980. The van der Waals surface area contributed by atoms with Gasteiger partial charge in [-0.15, -0.1) is 0 Å². The summed E-state index contributed by atoms with van der Waals surface area (Å²) in [6.45, 7) is 10.1. The van der Waals surface area contributed by atoms with Gasteiger partial charge in [-0.3, -0.25) is 9.36 Å². The number of nitrogens with zero attached hydrogens (tertiary/aromatic N) is 2. The summed E-state index contributed by atoms with van der Waals surface area (Å²) in [7, 11) is 1.55. The molecule has 1 atom stereocenters. The Morgan fingerprint density at radius 2 is 1.79 bits per heavy atom. The highest BCUT2D eigenvalue weighted by Gasteiger charge is 2.34. The second-order valence-electron chi connectivity index (χ2n) is 10.9. The molecule has 0 unspecified atom stereocenters.